The smallest absolute Gasteiger partial charge is 0.167 e. The third kappa shape index (κ3) is 4.02. The Morgan fingerprint density at radius 3 is 2.38 bits per heavy atom. The first-order valence-corrected chi connectivity index (χ1v) is 10.7. The van der Waals surface area contributed by atoms with Crippen LogP contribution in [-0.4, -0.2) is 16.7 Å². The number of halogens is 1. The summed E-state index contributed by atoms with van der Waals surface area (Å²) in [4.78, 5) is 25.6. The van der Waals surface area contributed by atoms with Crippen LogP contribution in [0.1, 0.15) is 50.2 Å². The molecule has 150 valence electrons. The first-order chi connectivity index (χ1) is 14.0. The maximum atomic E-state index is 13.2. The molecule has 4 heteroatoms. The summed E-state index contributed by atoms with van der Waals surface area (Å²) in [5.74, 6) is 0.130. The van der Waals surface area contributed by atoms with Crippen LogP contribution < -0.4 is 0 Å². The standard InChI is InChI=1S/C25H25ClO3/c1-2-16-5-6-18(17-7-9-20(26)10-8-17)13-21(16)25-23(28)12-15-3-4-19(14-24(25)29)22(27)11-15/h5-10,13,15,19,29H,2-4,11-12,14H2,1H3/t15-,19-/m1/s1. The van der Waals surface area contributed by atoms with Crippen molar-refractivity contribution in [3.63, 3.8) is 0 Å². The van der Waals surface area contributed by atoms with Crippen LogP contribution in [0.4, 0.5) is 0 Å². The van der Waals surface area contributed by atoms with Gasteiger partial charge in [0.25, 0.3) is 0 Å². The van der Waals surface area contributed by atoms with Crippen molar-refractivity contribution in [2.45, 2.75) is 45.4 Å². The molecule has 1 saturated carbocycles. The predicted molar refractivity (Wildman–Crippen MR) is 116 cm³/mol. The van der Waals surface area contributed by atoms with Gasteiger partial charge in [0.1, 0.15) is 11.5 Å². The van der Waals surface area contributed by atoms with Gasteiger partial charge in [-0.2, -0.15) is 0 Å². The number of fused-ring (bicyclic) bond motifs is 5. The number of carbonyl (C=O) groups is 2. The quantitative estimate of drug-likeness (QED) is 0.659. The summed E-state index contributed by atoms with van der Waals surface area (Å²) in [7, 11) is 0. The van der Waals surface area contributed by atoms with Gasteiger partial charge in [-0.3, -0.25) is 9.59 Å². The number of hydrogen-bond acceptors (Lipinski definition) is 3. The van der Waals surface area contributed by atoms with Crippen molar-refractivity contribution in [2.24, 2.45) is 11.8 Å². The van der Waals surface area contributed by atoms with Gasteiger partial charge in [-0.05, 0) is 65.6 Å². The van der Waals surface area contributed by atoms with Gasteiger partial charge in [0, 0.05) is 30.2 Å². The van der Waals surface area contributed by atoms with E-state index in [1.54, 1.807) is 0 Å². The van der Waals surface area contributed by atoms with E-state index < -0.39 is 0 Å². The van der Waals surface area contributed by atoms with Crippen LogP contribution in [-0.2, 0) is 16.0 Å². The van der Waals surface area contributed by atoms with Crippen LogP contribution in [0.2, 0.25) is 5.02 Å². The number of rotatable bonds is 3. The maximum absolute atomic E-state index is 13.2. The lowest BCUT2D eigenvalue weighted by Gasteiger charge is -2.25. The third-order valence-corrected chi connectivity index (χ3v) is 6.54. The van der Waals surface area contributed by atoms with Crippen LogP contribution in [0.3, 0.4) is 0 Å². The summed E-state index contributed by atoms with van der Waals surface area (Å²) in [5, 5.41) is 11.6. The lowest BCUT2D eigenvalue weighted by atomic mass is 9.78. The lowest BCUT2D eigenvalue weighted by molar-refractivity contribution is -0.126. The number of Topliss-reactive ketones (excluding diaryl/α,β-unsaturated/α-hetero) is 2. The van der Waals surface area contributed by atoms with Crippen LogP contribution in [0.5, 0.6) is 0 Å². The average molecular weight is 409 g/mol. The van der Waals surface area contributed by atoms with E-state index in [0.29, 0.717) is 23.4 Å². The second-order valence-corrected chi connectivity index (χ2v) is 8.63. The summed E-state index contributed by atoms with van der Waals surface area (Å²) in [5.41, 5.74) is 4.20. The van der Waals surface area contributed by atoms with Gasteiger partial charge in [-0.25, -0.2) is 0 Å². The summed E-state index contributed by atoms with van der Waals surface area (Å²) in [6, 6.07) is 13.6. The second kappa shape index (κ2) is 8.16. The number of aliphatic hydroxyl groups is 1. The molecule has 3 aliphatic rings. The number of benzene rings is 2. The Morgan fingerprint density at radius 1 is 0.966 bits per heavy atom. The Hall–Kier alpha value is -2.39. The topological polar surface area (TPSA) is 54.4 Å². The zero-order valence-electron chi connectivity index (χ0n) is 16.6. The zero-order chi connectivity index (χ0) is 20.5. The number of hydrogen-bond donors (Lipinski definition) is 1. The zero-order valence-corrected chi connectivity index (χ0v) is 17.3. The highest BCUT2D eigenvalue weighted by Crippen LogP contribution is 2.39. The molecule has 2 aromatic rings. The fourth-order valence-electron chi connectivity index (χ4n) is 4.65. The molecule has 0 spiro atoms. The molecule has 5 rings (SSSR count). The molecule has 0 saturated heterocycles. The van der Waals surface area contributed by atoms with Crippen molar-refractivity contribution in [1.29, 1.82) is 0 Å². The highest BCUT2D eigenvalue weighted by atomic mass is 35.5. The summed E-state index contributed by atoms with van der Waals surface area (Å²) >= 11 is 6.02. The number of carbonyl (C=O) groups excluding carboxylic acids is 2. The van der Waals surface area contributed by atoms with Crippen LogP contribution in [0.25, 0.3) is 16.7 Å². The first-order valence-electron chi connectivity index (χ1n) is 10.3. The minimum atomic E-state index is -0.170. The number of allylic oxidation sites excluding steroid dienone is 2. The SMILES string of the molecule is CCc1ccc(-c2ccc(Cl)cc2)cc1C1=C(O)C[C@H]2CC[C@@H](CC1=O)CC2=O. The van der Waals surface area contributed by atoms with E-state index in [9.17, 15) is 14.7 Å². The van der Waals surface area contributed by atoms with Crippen molar-refractivity contribution >= 4 is 28.7 Å². The van der Waals surface area contributed by atoms with Gasteiger partial charge in [0.2, 0.25) is 0 Å². The Bertz CT molecular complexity index is 988. The Balaban J connectivity index is 1.83. The van der Waals surface area contributed by atoms with Crippen molar-refractivity contribution in [2.75, 3.05) is 0 Å². The number of ketones is 2. The number of aryl methyl sites for hydroxylation is 1. The van der Waals surface area contributed by atoms with E-state index in [0.717, 1.165) is 41.5 Å². The molecular formula is C25H25ClO3. The number of aliphatic hydroxyl groups excluding tert-OH is 1. The van der Waals surface area contributed by atoms with E-state index in [1.807, 2.05) is 49.4 Å². The van der Waals surface area contributed by atoms with E-state index in [4.69, 9.17) is 11.6 Å². The Labute approximate surface area is 176 Å². The van der Waals surface area contributed by atoms with Gasteiger partial charge in [-0.15, -0.1) is 0 Å². The maximum Gasteiger partial charge on any atom is 0.167 e. The third-order valence-electron chi connectivity index (χ3n) is 6.29. The molecule has 3 aliphatic carbocycles. The van der Waals surface area contributed by atoms with Crippen molar-refractivity contribution in [3.05, 3.63) is 64.4 Å². The summed E-state index contributed by atoms with van der Waals surface area (Å²) in [6.07, 6.45) is 3.45. The van der Waals surface area contributed by atoms with Gasteiger partial charge >= 0.3 is 0 Å². The molecular weight excluding hydrogens is 384 g/mol. The van der Waals surface area contributed by atoms with Crippen molar-refractivity contribution < 1.29 is 14.7 Å². The summed E-state index contributed by atoms with van der Waals surface area (Å²) in [6.45, 7) is 2.05. The van der Waals surface area contributed by atoms with Gasteiger partial charge < -0.3 is 5.11 Å². The van der Waals surface area contributed by atoms with E-state index in [1.165, 1.54) is 0 Å². The van der Waals surface area contributed by atoms with Crippen molar-refractivity contribution in [3.8, 4) is 11.1 Å². The molecule has 0 aliphatic heterocycles. The van der Waals surface area contributed by atoms with Gasteiger partial charge in [0.15, 0.2) is 5.78 Å². The average Bonchev–Trinajstić information content (AvgIpc) is 2.78. The predicted octanol–water partition coefficient (Wildman–Crippen LogP) is 6.19. The molecule has 0 heterocycles. The van der Waals surface area contributed by atoms with Gasteiger partial charge in [0.05, 0.1) is 5.57 Å². The first kappa shape index (κ1) is 19.9. The molecule has 1 fully saturated rings. The minimum absolute atomic E-state index is 0.0502. The van der Waals surface area contributed by atoms with Crippen LogP contribution in [0.15, 0.2) is 48.2 Å². The van der Waals surface area contributed by atoms with Crippen molar-refractivity contribution in [1.82, 2.24) is 0 Å². The largest absolute Gasteiger partial charge is 0.512 e. The monoisotopic (exact) mass is 408 g/mol. The second-order valence-electron chi connectivity index (χ2n) is 8.20. The van der Waals surface area contributed by atoms with Crippen LogP contribution in [0, 0.1) is 11.8 Å². The fourth-order valence-corrected chi connectivity index (χ4v) is 4.77. The molecule has 1 N–H and O–H groups in total. The molecule has 3 nitrogen and oxygen atoms in total. The lowest BCUT2D eigenvalue weighted by Crippen LogP contribution is -2.25. The molecule has 0 unspecified atom stereocenters. The minimum Gasteiger partial charge on any atom is -0.512 e. The van der Waals surface area contributed by atoms with E-state index in [2.05, 4.69) is 0 Å². The normalized spacial score (nSPS) is 22.4. The highest BCUT2D eigenvalue weighted by Gasteiger charge is 2.35. The summed E-state index contributed by atoms with van der Waals surface area (Å²) < 4.78 is 0. The Kier molecular flexibility index (Phi) is 5.60. The molecule has 2 bridgehead atoms. The molecule has 0 amide bonds. The molecule has 2 aromatic carbocycles. The molecule has 0 radical (unpaired) electrons. The Morgan fingerprint density at radius 2 is 1.69 bits per heavy atom. The van der Waals surface area contributed by atoms with E-state index in [-0.39, 0.29) is 35.6 Å². The van der Waals surface area contributed by atoms with E-state index >= 15 is 0 Å². The molecule has 29 heavy (non-hydrogen) atoms. The molecule has 2 atom stereocenters. The highest BCUT2D eigenvalue weighted by molar-refractivity contribution is 6.30. The van der Waals surface area contributed by atoms with Gasteiger partial charge in [-0.1, -0.05) is 42.8 Å². The fraction of sp³-hybridized carbons (Fsp3) is 0.360. The molecule has 0 aromatic heterocycles. The van der Waals surface area contributed by atoms with Crippen LogP contribution >= 0.6 is 11.6 Å².